The second-order valence-corrected chi connectivity index (χ2v) is 9.33. The topological polar surface area (TPSA) is 52.0 Å². The van der Waals surface area contributed by atoms with Crippen molar-refractivity contribution in [3.05, 3.63) is 91.0 Å². The molecule has 0 bridgehead atoms. The van der Waals surface area contributed by atoms with Crippen LogP contribution in [0.25, 0.3) is 0 Å². The van der Waals surface area contributed by atoms with E-state index in [1.165, 1.54) is 0 Å². The van der Waals surface area contributed by atoms with Crippen molar-refractivity contribution in [3.63, 3.8) is 0 Å². The molecule has 0 heterocycles. The van der Waals surface area contributed by atoms with Crippen molar-refractivity contribution in [3.8, 4) is 0 Å². The van der Waals surface area contributed by atoms with Crippen LogP contribution in [0.15, 0.2) is 91.0 Å². The number of hydrogen-bond acceptors (Lipinski definition) is 2. The maximum atomic E-state index is 7.01. The van der Waals surface area contributed by atoms with Crippen LogP contribution in [-0.2, 0) is 0 Å². The summed E-state index contributed by atoms with van der Waals surface area (Å²) in [5.41, 5.74) is 14.0. The van der Waals surface area contributed by atoms with Crippen LogP contribution in [0.3, 0.4) is 0 Å². The van der Waals surface area contributed by atoms with Gasteiger partial charge in [-0.25, -0.2) is 0 Å². The number of rotatable bonds is 3. The third kappa shape index (κ3) is 2.18. The fourth-order valence-corrected chi connectivity index (χ4v) is 6.03. The number of benzene rings is 3. The van der Waals surface area contributed by atoms with Gasteiger partial charge in [0.15, 0.2) is 0 Å². The molecule has 0 aromatic heterocycles. The third-order valence-electron chi connectivity index (χ3n) is 3.94. The van der Waals surface area contributed by atoms with Gasteiger partial charge in [-0.15, -0.1) is 0 Å². The van der Waals surface area contributed by atoms with E-state index in [0.29, 0.717) is 0 Å². The minimum absolute atomic E-state index is 0.987. The zero-order valence-electron chi connectivity index (χ0n) is 11.8. The normalized spacial score (nSPS) is 13.3. The Bertz CT molecular complexity index is 622. The average Bonchev–Trinajstić information content (AvgIpc) is 2.57. The van der Waals surface area contributed by atoms with E-state index < -0.39 is 6.90 Å². The SMILES string of the molecule is NP(N)(c1ccccc1)(c1ccccc1)c1ccccc1. The molecule has 3 aromatic rings. The van der Waals surface area contributed by atoms with Crippen molar-refractivity contribution in [1.29, 1.82) is 0 Å². The Labute approximate surface area is 125 Å². The summed E-state index contributed by atoms with van der Waals surface area (Å²) in [5, 5.41) is 2.96. The quantitative estimate of drug-likeness (QED) is 0.728. The zero-order valence-corrected chi connectivity index (χ0v) is 12.7. The molecule has 0 spiro atoms. The van der Waals surface area contributed by atoms with E-state index in [9.17, 15) is 0 Å². The molecular weight excluding hydrogens is 275 g/mol. The molecule has 0 aliphatic rings. The molecule has 3 heteroatoms. The fraction of sp³-hybridized carbons (Fsp3) is 0. The molecule has 0 fully saturated rings. The van der Waals surface area contributed by atoms with E-state index in [1.54, 1.807) is 0 Å². The van der Waals surface area contributed by atoms with Crippen molar-refractivity contribution >= 4 is 22.8 Å². The van der Waals surface area contributed by atoms with Gasteiger partial charge in [0.25, 0.3) is 0 Å². The molecule has 0 saturated carbocycles. The number of nitrogens with two attached hydrogens (primary N) is 2. The molecule has 0 amide bonds. The molecule has 106 valence electrons. The van der Waals surface area contributed by atoms with Crippen molar-refractivity contribution in [1.82, 2.24) is 0 Å². The van der Waals surface area contributed by atoms with Gasteiger partial charge in [0.1, 0.15) is 0 Å². The Hall–Kier alpha value is -1.99. The van der Waals surface area contributed by atoms with E-state index >= 15 is 0 Å². The summed E-state index contributed by atoms with van der Waals surface area (Å²) >= 11 is 0. The van der Waals surface area contributed by atoms with Crippen molar-refractivity contribution in [2.45, 2.75) is 0 Å². The van der Waals surface area contributed by atoms with Crippen LogP contribution in [0.1, 0.15) is 0 Å². The fourth-order valence-electron chi connectivity index (χ4n) is 2.69. The van der Waals surface area contributed by atoms with E-state index in [2.05, 4.69) is 0 Å². The van der Waals surface area contributed by atoms with Crippen LogP contribution in [0, 0.1) is 0 Å². The zero-order chi connectivity index (χ0) is 14.8. The molecule has 0 radical (unpaired) electrons. The summed E-state index contributed by atoms with van der Waals surface area (Å²) in [5.74, 6) is 0. The molecule has 21 heavy (non-hydrogen) atoms. The first-order valence-electron chi connectivity index (χ1n) is 6.92. The van der Waals surface area contributed by atoms with Gasteiger partial charge in [0.05, 0.1) is 0 Å². The summed E-state index contributed by atoms with van der Waals surface area (Å²) < 4.78 is 0. The molecule has 0 aliphatic heterocycles. The van der Waals surface area contributed by atoms with E-state index in [4.69, 9.17) is 11.0 Å². The molecule has 0 aliphatic carbocycles. The molecule has 0 atom stereocenters. The predicted octanol–water partition coefficient (Wildman–Crippen LogP) is 2.26. The molecule has 4 N–H and O–H groups in total. The van der Waals surface area contributed by atoms with Crippen LogP contribution in [-0.4, -0.2) is 0 Å². The Morgan fingerprint density at radius 1 is 0.429 bits per heavy atom. The maximum absolute atomic E-state index is 7.01. The Morgan fingerprint density at radius 3 is 0.905 bits per heavy atom. The van der Waals surface area contributed by atoms with Crippen LogP contribution in [0.5, 0.6) is 0 Å². The van der Waals surface area contributed by atoms with Crippen LogP contribution < -0.4 is 26.9 Å². The minimum atomic E-state index is -3.37. The molecular formula is C18H19N2P. The van der Waals surface area contributed by atoms with Gasteiger partial charge in [0.2, 0.25) is 0 Å². The molecule has 0 unspecified atom stereocenters. The van der Waals surface area contributed by atoms with Gasteiger partial charge >= 0.3 is 125 Å². The summed E-state index contributed by atoms with van der Waals surface area (Å²) in [6.07, 6.45) is 0. The monoisotopic (exact) mass is 294 g/mol. The predicted molar refractivity (Wildman–Crippen MR) is 93.5 cm³/mol. The van der Waals surface area contributed by atoms with Gasteiger partial charge < -0.3 is 0 Å². The Balaban J connectivity index is 2.36. The first-order valence-corrected chi connectivity index (χ1v) is 9.29. The van der Waals surface area contributed by atoms with E-state index in [1.807, 2.05) is 91.0 Å². The number of hydrogen-bond donors (Lipinski definition) is 2. The summed E-state index contributed by atoms with van der Waals surface area (Å²) in [4.78, 5) is 0. The van der Waals surface area contributed by atoms with Crippen molar-refractivity contribution in [2.24, 2.45) is 11.0 Å². The van der Waals surface area contributed by atoms with Gasteiger partial charge in [0, 0.05) is 0 Å². The van der Waals surface area contributed by atoms with Crippen LogP contribution in [0.2, 0.25) is 0 Å². The second kappa shape index (κ2) is 5.09. The Kier molecular flexibility index (Phi) is 3.38. The standard InChI is InChI=1S/C18H19N2P/c19-21(20,16-10-4-1-5-11-16,17-12-6-2-7-13-17)18-14-8-3-9-15-18/h1-15H,19-20H2. The van der Waals surface area contributed by atoms with Gasteiger partial charge in [-0.05, 0) is 0 Å². The van der Waals surface area contributed by atoms with Gasteiger partial charge in [-0.3, -0.25) is 0 Å². The summed E-state index contributed by atoms with van der Waals surface area (Å²) in [7, 11) is 0. The van der Waals surface area contributed by atoms with Crippen LogP contribution in [0.4, 0.5) is 0 Å². The summed E-state index contributed by atoms with van der Waals surface area (Å²) in [6.45, 7) is -3.37. The van der Waals surface area contributed by atoms with E-state index in [0.717, 1.165) is 15.9 Å². The van der Waals surface area contributed by atoms with Gasteiger partial charge in [-0.1, -0.05) is 0 Å². The second-order valence-electron chi connectivity index (χ2n) is 5.27. The first-order chi connectivity index (χ1) is 10.1. The molecule has 2 nitrogen and oxygen atoms in total. The Morgan fingerprint density at radius 2 is 0.667 bits per heavy atom. The molecule has 0 saturated heterocycles. The first kappa shape index (κ1) is 14.0. The van der Waals surface area contributed by atoms with Crippen molar-refractivity contribution in [2.75, 3.05) is 0 Å². The van der Waals surface area contributed by atoms with E-state index in [-0.39, 0.29) is 0 Å². The average molecular weight is 294 g/mol. The summed E-state index contributed by atoms with van der Waals surface area (Å²) in [6, 6.07) is 30.0. The molecule has 3 aromatic carbocycles. The molecule has 3 rings (SSSR count). The van der Waals surface area contributed by atoms with Crippen molar-refractivity contribution < 1.29 is 0 Å². The van der Waals surface area contributed by atoms with Crippen LogP contribution >= 0.6 is 6.90 Å². The van der Waals surface area contributed by atoms with Gasteiger partial charge in [-0.2, -0.15) is 0 Å². The third-order valence-corrected chi connectivity index (χ3v) is 8.17.